The van der Waals surface area contributed by atoms with E-state index in [2.05, 4.69) is 44.2 Å². The summed E-state index contributed by atoms with van der Waals surface area (Å²) in [5, 5.41) is 0. The van der Waals surface area contributed by atoms with Crippen molar-refractivity contribution in [2.45, 2.75) is 6.42 Å². The molecule has 0 aliphatic carbocycles. The number of nitrogens with zero attached hydrogens (tertiary/aromatic N) is 2. The monoisotopic (exact) mass is 352 g/mol. The molecular formula is C23H20N4. The molecule has 0 aliphatic rings. The maximum Gasteiger partial charge on any atom is 0.0630 e. The highest BCUT2D eigenvalue weighted by Crippen LogP contribution is 2.18. The molecule has 2 heterocycles. The fraction of sp³-hybridized carbons (Fsp3) is 0.0435. The van der Waals surface area contributed by atoms with Gasteiger partial charge in [0.05, 0.1) is 35.2 Å². The first-order valence-electron chi connectivity index (χ1n) is 8.88. The van der Waals surface area contributed by atoms with Gasteiger partial charge < -0.3 is 9.97 Å². The van der Waals surface area contributed by atoms with Crippen LogP contribution in [-0.4, -0.2) is 22.4 Å². The van der Waals surface area contributed by atoms with Crippen molar-refractivity contribution in [3.8, 4) is 0 Å². The molecule has 27 heavy (non-hydrogen) atoms. The Morgan fingerprint density at radius 1 is 0.593 bits per heavy atom. The van der Waals surface area contributed by atoms with Crippen molar-refractivity contribution < 1.29 is 0 Å². The van der Waals surface area contributed by atoms with Crippen LogP contribution in [0.3, 0.4) is 0 Å². The lowest BCUT2D eigenvalue weighted by atomic mass is 10.0. The number of rotatable bonds is 6. The molecule has 0 unspecified atom stereocenters. The molecule has 4 nitrogen and oxygen atoms in total. The predicted octanol–water partition coefficient (Wildman–Crippen LogP) is 5.43. The number of hydrogen-bond donors (Lipinski definition) is 2. The molecule has 0 bridgehead atoms. The fourth-order valence-electron chi connectivity index (χ4n) is 2.77. The van der Waals surface area contributed by atoms with Gasteiger partial charge in [0.1, 0.15) is 0 Å². The van der Waals surface area contributed by atoms with Crippen LogP contribution in [0.4, 0.5) is 11.4 Å². The average Bonchev–Trinajstić information content (AvgIpc) is 3.41. The molecule has 132 valence electrons. The van der Waals surface area contributed by atoms with Crippen LogP contribution in [-0.2, 0) is 6.42 Å². The van der Waals surface area contributed by atoms with Crippen LogP contribution in [0.2, 0.25) is 0 Å². The van der Waals surface area contributed by atoms with Crippen molar-refractivity contribution in [1.82, 2.24) is 9.97 Å². The van der Waals surface area contributed by atoms with E-state index in [9.17, 15) is 0 Å². The van der Waals surface area contributed by atoms with Gasteiger partial charge in [0.25, 0.3) is 0 Å². The van der Waals surface area contributed by atoms with Gasteiger partial charge in [-0.2, -0.15) is 0 Å². The van der Waals surface area contributed by atoms with Gasteiger partial charge >= 0.3 is 0 Å². The lowest BCUT2D eigenvalue weighted by molar-refractivity contribution is 1.19. The summed E-state index contributed by atoms with van der Waals surface area (Å²) >= 11 is 0. The standard InChI is InChI=1S/C23H20N4/c1-3-22(24-13-1)16-26-20-9-5-18(6-10-20)15-19-7-11-21(12-8-19)27-17-23-4-2-14-25-23/h1-14,16-17,24-25H,15H2/b26-16+,27-17+. The first-order chi connectivity index (χ1) is 13.3. The van der Waals surface area contributed by atoms with E-state index in [0.717, 1.165) is 29.2 Å². The van der Waals surface area contributed by atoms with Crippen molar-refractivity contribution in [3.63, 3.8) is 0 Å². The van der Waals surface area contributed by atoms with Crippen molar-refractivity contribution in [3.05, 3.63) is 108 Å². The Bertz CT molecular complexity index is 921. The highest BCUT2D eigenvalue weighted by molar-refractivity contribution is 5.80. The molecule has 0 saturated carbocycles. The Hall–Kier alpha value is -3.66. The SMILES string of the molecule is C(=N\c1ccc(Cc2ccc(/N=C/c3ccc[nH]3)cc2)cc1)/c1ccc[nH]1. The van der Waals surface area contributed by atoms with Gasteiger partial charge in [-0.1, -0.05) is 24.3 Å². The van der Waals surface area contributed by atoms with E-state index in [1.54, 1.807) is 0 Å². The van der Waals surface area contributed by atoms with Crippen molar-refractivity contribution in [1.29, 1.82) is 0 Å². The maximum atomic E-state index is 4.48. The Morgan fingerprint density at radius 3 is 1.41 bits per heavy atom. The van der Waals surface area contributed by atoms with Crippen LogP contribution in [0.15, 0.2) is 95.2 Å². The van der Waals surface area contributed by atoms with E-state index < -0.39 is 0 Å². The fourth-order valence-corrected chi connectivity index (χ4v) is 2.77. The molecule has 4 aromatic rings. The highest BCUT2D eigenvalue weighted by Gasteiger charge is 1.98. The molecule has 0 amide bonds. The number of H-pyrrole nitrogens is 2. The number of hydrogen-bond acceptors (Lipinski definition) is 2. The van der Waals surface area contributed by atoms with Crippen LogP contribution in [0, 0.1) is 0 Å². The second kappa shape index (κ2) is 8.15. The Kier molecular flexibility index (Phi) is 5.07. The van der Waals surface area contributed by atoms with Crippen molar-refractivity contribution in [2.75, 3.05) is 0 Å². The molecular weight excluding hydrogens is 332 g/mol. The maximum absolute atomic E-state index is 4.48. The smallest absolute Gasteiger partial charge is 0.0630 e. The van der Waals surface area contributed by atoms with Crippen LogP contribution >= 0.6 is 0 Å². The van der Waals surface area contributed by atoms with Crippen molar-refractivity contribution in [2.24, 2.45) is 9.98 Å². The molecule has 4 heteroatoms. The van der Waals surface area contributed by atoms with Gasteiger partial charge in [0.15, 0.2) is 0 Å². The Morgan fingerprint density at radius 2 is 1.04 bits per heavy atom. The summed E-state index contributed by atoms with van der Waals surface area (Å²) < 4.78 is 0. The van der Waals surface area contributed by atoms with E-state index in [4.69, 9.17) is 0 Å². The minimum absolute atomic E-state index is 0.890. The number of nitrogens with one attached hydrogen (secondary N) is 2. The minimum Gasteiger partial charge on any atom is -0.360 e. The summed E-state index contributed by atoms with van der Waals surface area (Å²) in [6, 6.07) is 24.6. The number of aromatic amines is 2. The van der Waals surface area contributed by atoms with Gasteiger partial charge in [0.2, 0.25) is 0 Å². The third-order valence-electron chi connectivity index (χ3n) is 4.23. The zero-order chi connectivity index (χ0) is 18.3. The first kappa shape index (κ1) is 16.8. The predicted molar refractivity (Wildman–Crippen MR) is 112 cm³/mol. The van der Waals surface area contributed by atoms with Crippen LogP contribution in [0.5, 0.6) is 0 Å². The molecule has 2 N–H and O–H groups in total. The van der Waals surface area contributed by atoms with E-state index in [-0.39, 0.29) is 0 Å². The normalized spacial score (nSPS) is 11.6. The second-order valence-corrected chi connectivity index (χ2v) is 6.28. The average molecular weight is 352 g/mol. The third kappa shape index (κ3) is 4.70. The topological polar surface area (TPSA) is 56.3 Å². The minimum atomic E-state index is 0.890. The zero-order valence-electron chi connectivity index (χ0n) is 14.8. The lowest BCUT2D eigenvalue weighted by Crippen LogP contribution is -1.87. The van der Waals surface area contributed by atoms with Gasteiger partial charge in [-0.25, -0.2) is 0 Å². The van der Waals surface area contributed by atoms with E-state index in [0.29, 0.717) is 0 Å². The summed E-state index contributed by atoms with van der Waals surface area (Å²) in [7, 11) is 0. The van der Waals surface area contributed by atoms with Gasteiger partial charge in [0, 0.05) is 12.4 Å². The summed E-state index contributed by atoms with van der Waals surface area (Å²) in [6.07, 6.45) is 8.34. The molecule has 0 spiro atoms. The second-order valence-electron chi connectivity index (χ2n) is 6.28. The molecule has 0 saturated heterocycles. The van der Waals surface area contributed by atoms with E-state index in [1.807, 2.05) is 73.4 Å². The van der Waals surface area contributed by atoms with E-state index in [1.165, 1.54) is 11.1 Å². The summed E-state index contributed by atoms with van der Waals surface area (Å²) in [5.41, 5.74) is 6.41. The summed E-state index contributed by atoms with van der Waals surface area (Å²) in [5.74, 6) is 0. The van der Waals surface area contributed by atoms with Crippen LogP contribution in [0.25, 0.3) is 0 Å². The molecule has 0 aliphatic heterocycles. The molecule has 0 atom stereocenters. The highest BCUT2D eigenvalue weighted by atomic mass is 14.8. The van der Waals surface area contributed by atoms with Gasteiger partial charge in [-0.15, -0.1) is 0 Å². The summed E-state index contributed by atoms with van der Waals surface area (Å²) in [4.78, 5) is 15.2. The molecule has 0 fully saturated rings. The van der Waals surface area contributed by atoms with Crippen molar-refractivity contribution >= 4 is 23.8 Å². The van der Waals surface area contributed by atoms with Gasteiger partial charge in [-0.05, 0) is 66.1 Å². The molecule has 0 radical (unpaired) electrons. The number of aromatic nitrogens is 2. The molecule has 4 rings (SSSR count). The Labute approximate surface area is 158 Å². The third-order valence-corrected chi connectivity index (χ3v) is 4.23. The van der Waals surface area contributed by atoms with Crippen LogP contribution in [0.1, 0.15) is 22.5 Å². The summed E-state index contributed by atoms with van der Waals surface area (Å²) in [6.45, 7) is 0. The number of benzene rings is 2. The quantitative estimate of drug-likeness (QED) is 0.435. The molecule has 2 aromatic carbocycles. The molecule has 2 aromatic heterocycles. The largest absolute Gasteiger partial charge is 0.360 e. The Balaban J connectivity index is 1.37. The first-order valence-corrected chi connectivity index (χ1v) is 8.88. The van der Waals surface area contributed by atoms with Gasteiger partial charge in [-0.3, -0.25) is 9.98 Å². The lowest BCUT2D eigenvalue weighted by Gasteiger charge is -2.03. The number of aliphatic imine (C=N–C) groups is 2. The van der Waals surface area contributed by atoms with Crippen LogP contribution < -0.4 is 0 Å². The zero-order valence-corrected chi connectivity index (χ0v) is 14.8. The van der Waals surface area contributed by atoms with E-state index >= 15 is 0 Å².